The van der Waals surface area contributed by atoms with E-state index in [9.17, 15) is 18.0 Å². The molecular weight excluding hydrogens is 515 g/mol. The molecule has 0 unspecified atom stereocenters. The molecule has 0 saturated carbocycles. The molecule has 1 saturated heterocycles. The van der Waals surface area contributed by atoms with E-state index in [-0.39, 0.29) is 36.2 Å². The van der Waals surface area contributed by atoms with Crippen LogP contribution >= 0.6 is 0 Å². The minimum atomic E-state index is -2.71. The fourth-order valence-electron chi connectivity index (χ4n) is 4.23. The summed E-state index contributed by atoms with van der Waals surface area (Å²) in [6, 6.07) is 7.29. The van der Waals surface area contributed by atoms with Gasteiger partial charge in [0.25, 0.3) is 12.3 Å². The highest BCUT2D eigenvalue weighted by Gasteiger charge is 2.51. The third-order valence-electron chi connectivity index (χ3n) is 6.47. The van der Waals surface area contributed by atoms with Crippen molar-refractivity contribution in [1.29, 1.82) is 0 Å². The van der Waals surface area contributed by atoms with Crippen LogP contribution in [0.5, 0.6) is 0 Å². The Morgan fingerprint density at radius 3 is 2.51 bits per heavy atom. The number of hydrogen-bond donors (Lipinski definition) is 3. The summed E-state index contributed by atoms with van der Waals surface area (Å²) in [7, 11) is 1.43. The zero-order valence-electron chi connectivity index (χ0n) is 21.3. The average Bonchev–Trinajstić information content (AvgIpc) is 3.51. The zero-order valence-corrected chi connectivity index (χ0v) is 21.3. The van der Waals surface area contributed by atoms with Gasteiger partial charge in [0.1, 0.15) is 11.6 Å². The molecule has 11 nitrogen and oxygen atoms in total. The van der Waals surface area contributed by atoms with Crippen LogP contribution in [0.3, 0.4) is 0 Å². The Morgan fingerprint density at radius 1 is 1.13 bits per heavy atom. The Bertz CT molecular complexity index is 1470. The number of carbonyl (C=O) groups is 1. The second-order valence-corrected chi connectivity index (χ2v) is 9.31. The number of nitrogens with zero attached hydrogens (tertiary/aromatic N) is 6. The Balaban J connectivity index is 1.26. The first-order valence-corrected chi connectivity index (χ1v) is 12.0. The van der Waals surface area contributed by atoms with E-state index in [1.54, 1.807) is 36.2 Å². The van der Waals surface area contributed by atoms with Crippen molar-refractivity contribution in [3.8, 4) is 5.82 Å². The van der Waals surface area contributed by atoms with E-state index in [0.29, 0.717) is 11.6 Å². The number of aromatic nitrogens is 6. The van der Waals surface area contributed by atoms with Gasteiger partial charge in [-0.1, -0.05) is 6.07 Å². The zero-order chi connectivity index (χ0) is 27.7. The number of pyridine rings is 2. The van der Waals surface area contributed by atoms with Crippen LogP contribution in [0.15, 0.2) is 48.9 Å². The van der Waals surface area contributed by atoms with Crippen LogP contribution in [-0.2, 0) is 9.53 Å². The predicted octanol–water partition coefficient (Wildman–Crippen LogP) is 3.60. The molecule has 0 bridgehead atoms. The highest BCUT2D eigenvalue weighted by atomic mass is 19.3. The molecule has 0 spiro atoms. The van der Waals surface area contributed by atoms with Crippen LogP contribution in [0.4, 0.5) is 30.6 Å². The van der Waals surface area contributed by atoms with Crippen molar-refractivity contribution in [2.75, 3.05) is 30.4 Å². The first kappa shape index (κ1) is 26.2. The number of carbonyl (C=O) groups excluding carboxylic acids is 1. The van der Waals surface area contributed by atoms with E-state index in [1.807, 2.05) is 6.92 Å². The van der Waals surface area contributed by atoms with Crippen molar-refractivity contribution in [2.45, 2.75) is 31.9 Å². The van der Waals surface area contributed by atoms with Crippen LogP contribution < -0.4 is 15.5 Å². The number of alkyl halides is 2. The summed E-state index contributed by atoms with van der Waals surface area (Å²) in [5.41, 5.74) is 0.119. The number of H-pyrrole nitrogens is 1. The van der Waals surface area contributed by atoms with Gasteiger partial charge >= 0.3 is 0 Å². The number of methoxy groups -OCH3 is 1. The summed E-state index contributed by atoms with van der Waals surface area (Å²) in [6.07, 6.45) is 1.15. The van der Waals surface area contributed by atoms with Crippen LogP contribution in [0.2, 0.25) is 0 Å². The number of ether oxygens (including phenoxy) is 1. The monoisotopic (exact) mass is 541 g/mol. The van der Waals surface area contributed by atoms with E-state index in [2.05, 4.69) is 35.9 Å². The average molecular weight is 542 g/mol. The lowest BCUT2D eigenvalue weighted by atomic mass is 9.91. The largest absolute Gasteiger partial charge is 0.365 e. The molecule has 39 heavy (non-hydrogen) atoms. The van der Waals surface area contributed by atoms with E-state index >= 15 is 0 Å². The number of aryl methyl sites for hydroxylation is 1. The van der Waals surface area contributed by atoms with Gasteiger partial charge in [-0.15, -0.1) is 0 Å². The molecule has 5 heterocycles. The van der Waals surface area contributed by atoms with E-state index < -0.39 is 23.9 Å². The Morgan fingerprint density at radius 2 is 1.92 bits per heavy atom. The van der Waals surface area contributed by atoms with Crippen LogP contribution in [-0.4, -0.2) is 61.7 Å². The van der Waals surface area contributed by atoms with Gasteiger partial charge < -0.3 is 20.3 Å². The topological polar surface area (TPSA) is 126 Å². The van der Waals surface area contributed by atoms with Crippen molar-refractivity contribution >= 4 is 23.4 Å². The Labute approximate surface area is 221 Å². The molecule has 1 aliphatic rings. The molecule has 0 aromatic carbocycles. The van der Waals surface area contributed by atoms with Gasteiger partial charge in [0.15, 0.2) is 23.1 Å². The molecule has 14 heteroatoms. The van der Waals surface area contributed by atoms with Gasteiger partial charge in [0.05, 0.1) is 31.5 Å². The molecule has 1 atom stereocenters. The summed E-state index contributed by atoms with van der Waals surface area (Å²) in [5.74, 6) is 0.528. The minimum Gasteiger partial charge on any atom is -0.365 e. The summed E-state index contributed by atoms with van der Waals surface area (Å²) >= 11 is 0. The fourth-order valence-corrected chi connectivity index (χ4v) is 4.23. The number of rotatable bonds is 9. The SMILES string of the molecule is COC1(C(=O)N[C@@H](C)c2ccc(-n3cc(F)cn3)nc2)CN(c2cc(C(F)F)cc(Nc3cc(C)[nH]n3)n2)C1. The second kappa shape index (κ2) is 10.4. The van der Waals surface area contributed by atoms with Gasteiger partial charge in [0.2, 0.25) is 0 Å². The maximum atomic E-state index is 13.6. The molecule has 5 rings (SSSR count). The third kappa shape index (κ3) is 5.41. The van der Waals surface area contributed by atoms with E-state index in [1.165, 1.54) is 30.1 Å². The summed E-state index contributed by atoms with van der Waals surface area (Å²) in [6.45, 7) is 3.85. The summed E-state index contributed by atoms with van der Waals surface area (Å²) in [5, 5.41) is 16.6. The predicted molar refractivity (Wildman–Crippen MR) is 136 cm³/mol. The molecule has 4 aromatic heterocycles. The molecule has 1 amide bonds. The Hall–Kier alpha value is -4.46. The van der Waals surface area contributed by atoms with Gasteiger partial charge in [0, 0.05) is 30.6 Å². The van der Waals surface area contributed by atoms with E-state index in [0.717, 1.165) is 17.5 Å². The lowest BCUT2D eigenvalue weighted by Gasteiger charge is -2.48. The molecule has 1 aliphatic heterocycles. The number of nitrogens with one attached hydrogen (secondary N) is 3. The molecule has 4 aromatic rings. The maximum absolute atomic E-state index is 13.6. The van der Waals surface area contributed by atoms with Crippen LogP contribution in [0.1, 0.15) is 36.2 Å². The number of hydrogen-bond acceptors (Lipinski definition) is 8. The normalized spacial score (nSPS) is 15.2. The standard InChI is InChI=1S/C25H26F3N9O2/c1-14-6-20(35-34-14)32-19-7-17(23(27)28)8-22(33-19)36-12-25(13-36,39-3)24(38)31-15(2)16-4-5-21(29-9-16)37-11-18(26)10-30-37/h4-11,15,23H,12-13H2,1-3H3,(H,31,38)(H2,32,33,34,35)/t15-/m0/s1. The summed E-state index contributed by atoms with van der Waals surface area (Å²) < 4.78 is 47.4. The highest BCUT2D eigenvalue weighted by Crippen LogP contribution is 2.34. The van der Waals surface area contributed by atoms with Crippen molar-refractivity contribution in [3.63, 3.8) is 0 Å². The smallest absolute Gasteiger partial charge is 0.264 e. The maximum Gasteiger partial charge on any atom is 0.264 e. The van der Waals surface area contributed by atoms with Gasteiger partial charge in [-0.3, -0.25) is 9.89 Å². The first-order chi connectivity index (χ1) is 18.7. The molecule has 3 N–H and O–H groups in total. The van der Waals surface area contributed by atoms with Crippen molar-refractivity contribution in [2.24, 2.45) is 0 Å². The molecular formula is C25H26F3N9O2. The number of halogens is 3. The van der Waals surface area contributed by atoms with Gasteiger partial charge in [-0.2, -0.15) is 10.2 Å². The number of aromatic amines is 1. The molecule has 0 aliphatic carbocycles. The van der Waals surface area contributed by atoms with Crippen LogP contribution in [0, 0.1) is 12.7 Å². The molecule has 1 fully saturated rings. The minimum absolute atomic E-state index is 0.116. The second-order valence-electron chi connectivity index (χ2n) is 9.31. The van der Waals surface area contributed by atoms with Gasteiger partial charge in [-0.25, -0.2) is 27.8 Å². The molecule has 0 radical (unpaired) electrons. The summed E-state index contributed by atoms with van der Waals surface area (Å²) in [4.78, 5) is 23.6. The first-order valence-electron chi connectivity index (χ1n) is 12.0. The third-order valence-corrected chi connectivity index (χ3v) is 6.47. The van der Waals surface area contributed by atoms with E-state index in [4.69, 9.17) is 4.74 Å². The Kier molecular flexibility index (Phi) is 6.95. The highest BCUT2D eigenvalue weighted by molar-refractivity contribution is 5.89. The lowest BCUT2D eigenvalue weighted by Crippen LogP contribution is -2.70. The number of amides is 1. The van der Waals surface area contributed by atoms with Gasteiger partial charge in [-0.05, 0) is 37.6 Å². The fraction of sp³-hybridized carbons (Fsp3) is 0.320. The molecule has 204 valence electrons. The lowest BCUT2D eigenvalue weighted by molar-refractivity contribution is -0.147. The van der Waals surface area contributed by atoms with Crippen molar-refractivity contribution in [3.05, 3.63) is 71.6 Å². The van der Waals surface area contributed by atoms with Crippen molar-refractivity contribution < 1.29 is 22.7 Å². The van der Waals surface area contributed by atoms with Crippen LogP contribution in [0.25, 0.3) is 5.82 Å². The number of anilines is 3. The quantitative estimate of drug-likeness (QED) is 0.294. The van der Waals surface area contributed by atoms with Crippen molar-refractivity contribution in [1.82, 2.24) is 35.3 Å².